The van der Waals surface area contributed by atoms with Gasteiger partial charge in [0.25, 0.3) is 0 Å². The highest BCUT2D eigenvalue weighted by Gasteiger charge is 2.24. The Morgan fingerprint density at radius 1 is 1.42 bits per heavy atom. The van der Waals surface area contributed by atoms with Crippen LogP contribution in [0.4, 0.5) is 5.69 Å². The van der Waals surface area contributed by atoms with Gasteiger partial charge in [0, 0.05) is 6.07 Å². The largest absolute Gasteiger partial charge is 0.493 e. The van der Waals surface area contributed by atoms with E-state index in [4.69, 9.17) is 9.47 Å². The molecule has 1 aromatic rings. The van der Waals surface area contributed by atoms with E-state index in [1.54, 1.807) is 13.0 Å². The second kappa shape index (κ2) is 6.94. The van der Waals surface area contributed by atoms with Gasteiger partial charge in [-0.25, -0.2) is 0 Å². The second-order valence-corrected chi connectivity index (χ2v) is 4.07. The number of ether oxygens (including phenoxy) is 2. The van der Waals surface area contributed by atoms with Gasteiger partial charge in [-0.05, 0) is 25.0 Å². The van der Waals surface area contributed by atoms with Crippen molar-refractivity contribution in [1.82, 2.24) is 0 Å². The monoisotopic (exact) mass is 269 g/mol. The highest BCUT2D eigenvalue weighted by atomic mass is 16.6. The van der Waals surface area contributed by atoms with Gasteiger partial charge in [-0.15, -0.1) is 0 Å². The van der Waals surface area contributed by atoms with E-state index in [1.807, 2.05) is 6.92 Å². The molecule has 0 aromatic heterocycles. The molecule has 106 valence electrons. The maximum atomic E-state index is 11.1. The number of hydrogen-bond donors (Lipinski definition) is 1. The van der Waals surface area contributed by atoms with Gasteiger partial charge in [-0.2, -0.15) is 0 Å². The minimum absolute atomic E-state index is 0.0995. The van der Waals surface area contributed by atoms with E-state index in [0.29, 0.717) is 18.6 Å². The van der Waals surface area contributed by atoms with Crippen molar-refractivity contribution in [1.29, 1.82) is 0 Å². The fourth-order valence-corrected chi connectivity index (χ4v) is 1.82. The Kier molecular flexibility index (Phi) is 5.57. The molecule has 6 heteroatoms. The SMILES string of the molecule is CCCC(O)c1cc(OC)c(OCC)c([N+](=O)[O-])c1. The molecular formula is C13H19NO5. The molecule has 0 saturated heterocycles. The molecule has 0 heterocycles. The van der Waals surface area contributed by atoms with E-state index in [1.165, 1.54) is 13.2 Å². The molecule has 1 atom stereocenters. The molecule has 19 heavy (non-hydrogen) atoms. The van der Waals surface area contributed by atoms with Gasteiger partial charge in [0.15, 0.2) is 5.75 Å². The first-order valence-electron chi connectivity index (χ1n) is 6.22. The summed E-state index contributed by atoms with van der Waals surface area (Å²) in [5.74, 6) is 0.364. The first-order chi connectivity index (χ1) is 9.04. The van der Waals surface area contributed by atoms with Gasteiger partial charge >= 0.3 is 5.69 Å². The summed E-state index contributed by atoms with van der Waals surface area (Å²) in [5.41, 5.74) is 0.278. The molecule has 0 aliphatic carbocycles. The van der Waals surface area contributed by atoms with Crippen LogP contribution >= 0.6 is 0 Å². The molecule has 1 unspecified atom stereocenters. The van der Waals surface area contributed by atoms with E-state index in [0.717, 1.165) is 6.42 Å². The lowest BCUT2D eigenvalue weighted by molar-refractivity contribution is -0.386. The molecule has 0 amide bonds. The van der Waals surface area contributed by atoms with E-state index >= 15 is 0 Å². The molecule has 0 fully saturated rings. The average molecular weight is 269 g/mol. The highest BCUT2D eigenvalue weighted by molar-refractivity contribution is 5.58. The average Bonchev–Trinajstić information content (AvgIpc) is 2.39. The standard InChI is InChI=1S/C13H19NO5/c1-4-6-11(15)9-7-10(14(16)17)13(19-5-2)12(8-9)18-3/h7-8,11,15H,4-6H2,1-3H3. The molecule has 0 aliphatic rings. The van der Waals surface area contributed by atoms with Crippen LogP contribution in [-0.4, -0.2) is 23.7 Å². The molecule has 1 N–H and O–H groups in total. The van der Waals surface area contributed by atoms with Crippen LogP contribution in [0.2, 0.25) is 0 Å². The minimum atomic E-state index is -0.742. The van der Waals surface area contributed by atoms with Crippen molar-refractivity contribution in [2.24, 2.45) is 0 Å². The molecule has 1 rings (SSSR count). The van der Waals surface area contributed by atoms with Crippen LogP contribution in [0.5, 0.6) is 11.5 Å². The van der Waals surface area contributed by atoms with Gasteiger partial charge in [0.2, 0.25) is 5.75 Å². The lowest BCUT2D eigenvalue weighted by Gasteiger charge is -2.14. The van der Waals surface area contributed by atoms with Gasteiger partial charge in [-0.3, -0.25) is 10.1 Å². The van der Waals surface area contributed by atoms with E-state index in [9.17, 15) is 15.2 Å². The molecule has 0 aliphatic heterocycles. The van der Waals surface area contributed by atoms with Gasteiger partial charge in [0.1, 0.15) is 0 Å². The fourth-order valence-electron chi connectivity index (χ4n) is 1.82. The predicted octanol–water partition coefficient (Wildman–Crippen LogP) is 2.84. The zero-order valence-corrected chi connectivity index (χ0v) is 11.4. The van der Waals surface area contributed by atoms with Gasteiger partial charge < -0.3 is 14.6 Å². The Labute approximate surface area is 112 Å². The van der Waals surface area contributed by atoms with E-state index in [2.05, 4.69) is 0 Å². The maximum absolute atomic E-state index is 11.1. The summed E-state index contributed by atoms with van der Waals surface area (Å²) in [6.45, 7) is 3.97. The summed E-state index contributed by atoms with van der Waals surface area (Å²) in [6.07, 6.45) is 0.576. The van der Waals surface area contributed by atoms with Crippen molar-refractivity contribution in [2.75, 3.05) is 13.7 Å². The molecule has 0 spiro atoms. The molecule has 0 saturated carbocycles. The first kappa shape index (κ1) is 15.2. The molecule has 1 aromatic carbocycles. The van der Waals surface area contributed by atoms with Crippen LogP contribution in [0.25, 0.3) is 0 Å². The summed E-state index contributed by atoms with van der Waals surface area (Å²) in [4.78, 5) is 10.6. The number of methoxy groups -OCH3 is 1. The lowest BCUT2D eigenvalue weighted by atomic mass is 10.0. The minimum Gasteiger partial charge on any atom is -0.493 e. The van der Waals surface area contributed by atoms with Crippen LogP contribution in [0.3, 0.4) is 0 Å². The topological polar surface area (TPSA) is 81.8 Å². The Morgan fingerprint density at radius 3 is 2.58 bits per heavy atom. The lowest BCUT2D eigenvalue weighted by Crippen LogP contribution is -2.04. The van der Waals surface area contributed by atoms with Crippen molar-refractivity contribution < 1.29 is 19.5 Å². The van der Waals surface area contributed by atoms with E-state index < -0.39 is 11.0 Å². The normalized spacial score (nSPS) is 12.0. The summed E-state index contributed by atoms with van der Waals surface area (Å²) in [6, 6.07) is 2.92. The Hall–Kier alpha value is -1.82. The molecular weight excluding hydrogens is 250 g/mol. The number of nitro groups is 1. The van der Waals surface area contributed by atoms with Gasteiger partial charge in [0.05, 0.1) is 24.7 Å². The van der Waals surface area contributed by atoms with Crippen molar-refractivity contribution in [3.8, 4) is 11.5 Å². The van der Waals surface area contributed by atoms with Crippen LogP contribution in [-0.2, 0) is 0 Å². The van der Waals surface area contributed by atoms with Crippen LogP contribution in [0.15, 0.2) is 12.1 Å². The van der Waals surface area contributed by atoms with Crippen molar-refractivity contribution >= 4 is 5.69 Å². The third-order valence-electron chi connectivity index (χ3n) is 2.71. The predicted molar refractivity (Wildman–Crippen MR) is 70.7 cm³/mol. The fraction of sp³-hybridized carbons (Fsp3) is 0.538. The second-order valence-electron chi connectivity index (χ2n) is 4.07. The summed E-state index contributed by atoms with van der Waals surface area (Å²) in [7, 11) is 1.41. The summed E-state index contributed by atoms with van der Waals surface area (Å²) < 4.78 is 10.4. The molecule has 0 bridgehead atoms. The molecule has 0 radical (unpaired) electrons. The quantitative estimate of drug-likeness (QED) is 0.608. The summed E-state index contributed by atoms with van der Waals surface area (Å²) in [5, 5.41) is 21.0. The Bertz CT molecular complexity index is 447. The van der Waals surface area contributed by atoms with Crippen molar-refractivity contribution in [3.63, 3.8) is 0 Å². The highest BCUT2D eigenvalue weighted by Crippen LogP contribution is 2.40. The maximum Gasteiger partial charge on any atom is 0.315 e. The van der Waals surface area contributed by atoms with Crippen LogP contribution < -0.4 is 9.47 Å². The number of nitrogens with zero attached hydrogens (tertiary/aromatic N) is 1. The Balaban J connectivity index is 3.31. The number of hydrogen-bond acceptors (Lipinski definition) is 5. The van der Waals surface area contributed by atoms with Crippen LogP contribution in [0, 0.1) is 10.1 Å². The van der Waals surface area contributed by atoms with Crippen molar-refractivity contribution in [2.45, 2.75) is 32.8 Å². The first-order valence-corrected chi connectivity index (χ1v) is 6.22. The summed E-state index contributed by atoms with van der Waals surface area (Å²) >= 11 is 0. The van der Waals surface area contributed by atoms with E-state index in [-0.39, 0.29) is 17.2 Å². The number of rotatable bonds is 7. The smallest absolute Gasteiger partial charge is 0.315 e. The van der Waals surface area contributed by atoms with Crippen molar-refractivity contribution in [3.05, 3.63) is 27.8 Å². The number of aliphatic hydroxyl groups excluding tert-OH is 1. The van der Waals surface area contributed by atoms with Crippen LogP contribution in [0.1, 0.15) is 38.4 Å². The molecule has 6 nitrogen and oxygen atoms in total. The van der Waals surface area contributed by atoms with Gasteiger partial charge in [-0.1, -0.05) is 13.3 Å². The zero-order chi connectivity index (χ0) is 14.4. The number of nitro benzene ring substituents is 1. The Morgan fingerprint density at radius 2 is 2.11 bits per heavy atom. The third kappa shape index (κ3) is 3.57. The zero-order valence-electron chi connectivity index (χ0n) is 11.4. The third-order valence-corrected chi connectivity index (χ3v) is 2.71. The number of aliphatic hydroxyl groups is 1. The number of benzene rings is 1.